The molecule has 4 rings (SSSR count). The number of carbonyl (C=O) groups is 1. The molecule has 0 unspecified atom stereocenters. The maximum atomic E-state index is 13.4. The number of aryl methyl sites for hydroxylation is 2. The monoisotopic (exact) mass is 452 g/mol. The van der Waals surface area contributed by atoms with Crippen LogP contribution in [0.5, 0.6) is 11.5 Å². The van der Waals surface area contributed by atoms with Crippen LogP contribution in [0.3, 0.4) is 0 Å². The minimum Gasteiger partial charge on any atom is -0.454 e. The molecule has 1 amide bonds. The average molecular weight is 453 g/mol. The Kier molecular flexibility index (Phi) is 5.80. The number of carbonyl (C=O) groups excluding carboxylic acids is 1. The van der Waals surface area contributed by atoms with Gasteiger partial charge in [-0.1, -0.05) is 23.8 Å². The van der Waals surface area contributed by atoms with E-state index in [4.69, 9.17) is 9.47 Å². The van der Waals surface area contributed by atoms with Crippen molar-refractivity contribution in [3.05, 3.63) is 71.3 Å². The third-order valence-corrected chi connectivity index (χ3v) is 7.33. The first-order valence-electron chi connectivity index (χ1n) is 10.1. The lowest BCUT2D eigenvalue weighted by Gasteiger charge is -2.17. The van der Waals surface area contributed by atoms with Crippen molar-refractivity contribution in [1.29, 1.82) is 0 Å². The van der Waals surface area contributed by atoms with Crippen molar-refractivity contribution >= 4 is 27.1 Å². The van der Waals surface area contributed by atoms with Crippen molar-refractivity contribution in [1.82, 2.24) is 0 Å². The molecule has 0 saturated heterocycles. The van der Waals surface area contributed by atoms with Crippen molar-refractivity contribution in [2.45, 2.75) is 30.6 Å². The van der Waals surface area contributed by atoms with Gasteiger partial charge in [-0.3, -0.25) is 4.79 Å². The molecular formula is C24H24N2O5S. The SMILES string of the molecule is Cc1ccc(S(=O)(=O)c2c(NCC(=O)Nc3ccc4c(c3)OCO4)ccc(C)c2C)cc1. The van der Waals surface area contributed by atoms with Gasteiger partial charge >= 0.3 is 0 Å². The average Bonchev–Trinajstić information content (AvgIpc) is 3.22. The summed E-state index contributed by atoms with van der Waals surface area (Å²) in [5.41, 5.74) is 3.42. The van der Waals surface area contributed by atoms with Crippen molar-refractivity contribution in [3.8, 4) is 11.5 Å². The molecule has 0 fully saturated rings. The summed E-state index contributed by atoms with van der Waals surface area (Å²) in [6.07, 6.45) is 0. The Morgan fingerprint density at radius 1 is 0.938 bits per heavy atom. The minimum atomic E-state index is -3.78. The molecule has 32 heavy (non-hydrogen) atoms. The van der Waals surface area contributed by atoms with E-state index in [0.717, 1.165) is 11.1 Å². The summed E-state index contributed by atoms with van der Waals surface area (Å²) in [5.74, 6) is 0.874. The molecule has 0 aromatic heterocycles. The molecule has 0 saturated carbocycles. The molecule has 2 N–H and O–H groups in total. The maximum absolute atomic E-state index is 13.4. The van der Waals surface area contributed by atoms with Gasteiger partial charge in [-0.25, -0.2) is 8.42 Å². The van der Waals surface area contributed by atoms with E-state index >= 15 is 0 Å². The second kappa shape index (κ2) is 8.55. The molecule has 0 atom stereocenters. The zero-order valence-corrected chi connectivity index (χ0v) is 18.9. The molecule has 0 aliphatic carbocycles. The third kappa shape index (κ3) is 4.27. The third-order valence-electron chi connectivity index (χ3n) is 5.37. The van der Waals surface area contributed by atoms with Crippen LogP contribution in [0.4, 0.5) is 11.4 Å². The highest BCUT2D eigenvalue weighted by Gasteiger charge is 2.25. The van der Waals surface area contributed by atoms with Crippen LogP contribution in [0.15, 0.2) is 64.4 Å². The zero-order valence-electron chi connectivity index (χ0n) is 18.1. The van der Waals surface area contributed by atoms with Crippen molar-refractivity contribution in [3.63, 3.8) is 0 Å². The van der Waals surface area contributed by atoms with Crippen LogP contribution >= 0.6 is 0 Å². The van der Waals surface area contributed by atoms with Crippen LogP contribution < -0.4 is 20.1 Å². The predicted molar refractivity (Wildman–Crippen MR) is 122 cm³/mol. The topological polar surface area (TPSA) is 93.7 Å². The van der Waals surface area contributed by atoms with E-state index in [1.54, 1.807) is 55.5 Å². The summed E-state index contributed by atoms with van der Waals surface area (Å²) < 4.78 is 37.4. The molecule has 7 nitrogen and oxygen atoms in total. The van der Waals surface area contributed by atoms with Crippen LogP contribution in [0.2, 0.25) is 0 Å². The summed E-state index contributed by atoms with van der Waals surface area (Å²) in [6.45, 7) is 5.58. The largest absolute Gasteiger partial charge is 0.454 e. The van der Waals surface area contributed by atoms with E-state index in [-0.39, 0.29) is 29.0 Å². The van der Waals surface area contributed by atoms with Crippen LogP contribution in [-0.4, -0.2) is 27.7 Å². The number of hydrogen-bond acceptors (Lipinski definition) is 6. The number of rotatable bonds is 6. The zero-order chi connectivity index (χ0) is 22.9. The molecule has 1 aliphatic rings. The molecule has 1 heterocycles. The highest BCUT2D eigenvalue weighted by atomic mass is 32.2. The van der Waals surface area contributed by atoms with E-state index in [1.807, 2.05) is 19.9 Å². The van der Waals surface area contributed by atoms with E-state index in [0.29, 0.717) is 28.4 Å². The predicted octanol–water partition coefficient (Wildman–Crippen LogP) is 4.22. The Labute approximate surface area is 187 Å². The van der Waals surface area contributed by atoms with E-state index in [2.05, 4.69) is 10.6 Å². The molecule has 0 spiro atoms. The highest BCUT2D eigenvalue weighted by molar-refractivity contribution is 7.91. The Balaban J connectivity index is 1.56. The second-order valence-electron chi connectivity index (χ2n) is 7.67. The first-order chi connectivity index (χ1) is 15.3. The van der Waals surface area contributed by atoms with Gasteiger partial charge in [0.2, 0.25) is 22.5 Å². The van der Waals surface area contributed by atoms with Crippen LogP contribution in [0.25, 0.3) is 0 Å². The first kappa shape index (κ1) is 21.7. The van der Waals surface area contributed by atoms with Crippen LogP contribution in [0.1, 0.15) is 16.7 Å². The van der Waals surface area contributed by atoms with Gasteiger partial charge in [0.1, 0.15) is 0 Å². The van der Waals surface area contributed by atoms with Crippen LogP contribution in [0, 0.1) is 20.8 Å². The molecule has 1 aliphatic heterocycles. The number of hydrogen-bond donors (Lipinski definition) is 2. The first-order valence-corrected chi connectivity index (χ1v) is 11.6. The number of sulfone groups is 1. The Morgan fingerprint density at radius 2 is 1.66 bits per heavy atom. The normalized spacial score (nSPS) is 12.5. The summed E-state index contributed by atoms with van der Waals surface area (Å²) in [6, 6.07) is 15.4. The molecule has 0 bridgehead atoms. The van der Waals surface area contributed by atoms with Gasteiger partial charge < -0.3 is 20.1 Å². The number of benzene rings is 3. The summed E-state index contributed by atoms with van der Waals surface area (Å²) in [5, 5.41) is 5.77. The van der Waals surface area contributed by atoms with Gasteiger partial charge in [0.05, 0.1) is 22.0 Å². The summed E-state index contributed by atoms with van der Waals surface area (Å²) in [7, 11) is -3.78. The fourth-order valence-electron chi connectivity index (χ4n) is 3.47. The van der Waals surface area contributed by atoms with Gasteiger partial charge in [-0.15, -0.1) is 0 Å². The number of fused-ring (bicyclic) bond motifs is 1. The van der Waals surface area contributed by atoms with E-state index in [9.17, 15) is 13.2 Å². The lowest BCUT2D eigenvalue weighted by atomic mass is 10.1. The maximum Gasteiger partial charge on any atom is 0.243 e. The molecular weight excluding hydrogens is 428 g/mol. The summed E-state index contributed by atoms with van der Waals surface area (Å²) >= 11 is 0. The van der Waals surface area contributed by atoms with Crippen LogP contribution in [-0.2, 0) is 14.6 Å². The lowest BCUT2D eigenvalue weighted by Crippen LogP contribution is -2.23. The quantitative estimate of drug-likeness (QED) is 0.582. The summed E-state index contributed by atoms with van der Waals surface area (Å²) in [4.78, 5) is 12.9. The smallest absolute Gasteiger partial charge is 0.243 e. The molecule has 166 valence electrons. The highest BCUT2D eigenvalue weighted by Crippen LogP contribution is 2.35. The Bertz CT molecular complexity index is 1280. The van der Waals surface area contributed by atoms with Gasteiger partial charge in [0.15, 0.2) is 11.5 Å². The molecule has 3 aromatic carbocycles. The van der Waals surface area contributed by atoms with E-state index in [1.165, 1.54) is 0 Å². The van der Waals surface area contributed by atoms with E-state index < -0.39 is 9.84 Å². The van der Waals surface area contributed by atoms with Gasteiger partial charge in [-0.2, -0.15) is 0 Å². The van der Waals surface area contributed by atoms with Crippen molar-refractivity contribution < 1.29 is 22.7 Å². The lowest BCUT2D eigenvalue weighted by molar-refractivity contribution is -0.114. The Morgan fingerprint density at radius 3 is 2.41 bits per heavy atom. The van der Waals surface area contributed by atoms with Crippen molar-refractivity contribution in [2.24, 2.45) is 0 Å². The fraction of sp³-hybridized carbons (Fsp3) is 0.208. The number of amides is 1. The van der Waals surface area contributed by atoms with Gasteiger partial charge in [0.25, 0.3) is 0 Å². The second-order valence-corrected chi connectivity index (χ2v) is 9.56. The number of ether oxygens (including phenoxy) is 2. The standard InChI is InChI=1S/C24H24N2O5S/c1-15-4-8-19(9-5-15)32(28,29)24-17(3)16(2)6-10-20(24)25-13-23(27)26-18-7-11-21-22(12-18)31-14-30-21/h4-12,25H,13-14H2,1-3H3,(H,26,27). The van der Waals surface area contributed by atoms with Gasteiger partial charge in [-0.05, 0) is 62.2 Å². The van der Waals surface area contributed by atoms with Crippen molar-refractivity contribution in [2.75, 3.05) is 24.0 Å². The molecule has 0 radical (unpaired) electrons. The van der Waals surface area contributed by atoms with Gasteiger partial charge in [0, 0.05) is 11.8 Å². The molecule has 8 heteroatoms. The fourth-order valence-corrected chi connectivity index (χ4v) is 5.19. The Hall–Kier alpha value is -3.52. The number of nitrogens with one attached hydrogen (secondary N) is 2. The molecule has 3 aromatic rings. The minimum absolute atomic E-state index is 0.104. The number of anilines is 2.